The number of nitrogens with zero attached hydrogens (tertiary/aromatic N) is 4. The molecule has 2 heterocycles. The number of ether oxygens (including phenoxy) is 1. The van der Waals surface area contributed by atoms with Gasteiger partial charge in [-0.2, -0.15) is 5.10 Å². The molecule has 0 fully saturated rings. The molecular weight excluding hydrogens is 316 g/mol. The molecule has 0 bridgehead atoms. The Bertz CT molecular complexity index is 952. The van der Waals surface area contributed by atoms with Gasteiger partial charge in [0.1, 0.15) is 5.75 Å². The first-order valence-corrected chi connectivity index (χ1v) is 7.91. The molecule has 3 rings (SSSR count). The summed E-state index contributed by atoms with van der Waals surface area (Å²) in [7, 11) is 1.70. The van der Waals surface area contributed by atoms with Gasteiger partial charge in [-0.25, -0.2) is 6.57 Å². The second-order valence-corrected chi connectivity index (χ2v) is 5.64. The second kappa shape index (κ2) is 7.49. The number of aryl methyl sites for hydroxylation is 1. The van der Waals surface area contributed by atoms with Crippen LogP contribution < -0.4 is 10.3 Å². The van der Waals surface area contributed by atoms with E-state index in [4.69, 9.17) is 11.3 Å². The SMILES string of the molecule is [C-]#[N+]CCOc1cc(=O)n(C)cc1-c1cnn(Cc2ccccc2)c1. The Balaban J connectivity index is 1.89. The van der Waals surface area contributed by atoms with Gasteiger partial charge < -0.3 is 14.1 Å². The number of pyridine rings is 1. The summed E-state index contributed by atoms with van der Waals surface area (Å²) in [6.45, 7) is 8.01. The molecule has 0 aliphatic rings. The van der Waals surface area contributed by atoms with Crippen LogP contribution in [0.25, 0.3) is 16.0 Å². The summed E-state index contributed by atoms with van der Waals surface area (Å²) >= 11 is 0. The molecule has 0 radical (unpaired) electrons. The Morgan fingerprint density at radius 2 is 2.04 bits per heavy atom. The topological polar surface area (TPSA) is 53.4 Å². The molecule has 0 saturated heterocycles. The number of hydrogen-bond acceptors (Lipinski definition) is 3. The molecule has 0 aliphatic carbocycles. The van der Waals surface area contributed by atoms with Crippen molar-refractivity contribution in [1.29, 1.82) is 0 Å². The van der Waals surface area contributed by atoms with E-state index < -0.39 is 0 Å². The maximum Gasteiger partial charge on any atom is 0.254 e. The Morgan fingerprint density at radius 1 is 1.24 bits per heavy atom. The highest BCUT2D eigenvalue weighted by molar-refractivity contribution is 5.68. The van der Waals surface area contributed by atoms with Gasteiger partial charge in [0.15, 0.2) is 6.61 Å². The molecule has 0 spiro atoms. The van der Waals surface area contributed by atoms with E-state index in [0.717, 1.165) is 16.7 Å². The molecule has 6 heteroatoms. The lowest BCUT2D eigenvalue weighted by Gasteiger charge is -2.10. The van der Waals surface area contributed by atoms with Crippen molar-refractivity contribution in [2.75, 3.05) is 13.2 Å². The molecule has 0 saturated carbocycles. The quantitative estimate of drug-likeness (QED) is 0.514. The van der Waals surface area contributed by atoms with E-state index in [0.29, 0.717) is 12.3 Å². The van der Waals surface area contributed by atoms with Crippen LogP contribution in [0.1, 0.15) is 5.56 Å². The molecular formula is C19H18N4O2. The van der Waals surface area contributed by atoms with Gasteiger partial charge >= 0.3 is 0 Å². The van der Waals surface area contributed by atoms with Crippen LogP contribution in [0.4, 0.5) is 0 Å². The molecule has 3 aromatic rings. The molecule has 0 unspecified atom stereocenters. The first-order valence-electron chi connectivity index (χ1n) is 7.91. The molecule has 0 aliphatic heterocycles. The van der Waals surface area contributed by atoms with Gasteiger partial charge in [-0.1, -0.05) is 30.3 Å². The third-order valence-corrected chi connectivity index (χ3v) is 3.78. The normalized spacial score (nSPS) is 10.4. The lowest BCUT2D eigenvalue weighted by molar-refractivity contribution is 0.336. The van der Waals surface area contributed by atoms with Gasteiger partial charge in [0.2, 0.25) is 6.54 Å². The van der Waals surface area contributed by atoms with Gasteiger partial charge in [-0.3, -0.25) is 9.48 Å². The van der Waals surface area contributed by atoms with Gasteiger partial charge in [-0.15, -0.1) is 0 Å². The predicted octanol–water partition coefficient (Wildman–Crippen LogP) is 2.60. The van der Waals surface area contributed by atoms with Crippen molar-refractivity contribution in [1.82, 2.24) is 14.3 Å². The molecule has 6 nitrogen and oxygen atoms in total. The van der Waals surface area contributed by atoms with Gasteiger partial charge in [0.05, 0.1) is 12.7 Å². The molecule has 126 valence electrons. The summed E-state index contributed by atoms with van der Waals surface area (Å²) in [6, 6.07) is 11.5. The van der Waals surface area contributed by atoms with Crippen LogP contribution in [-0.2, 0) is 13.6 Å². The minimum atomic E-state index is -0.154. The Morgan fingerprint density at radius 3 is 2.80 bits per heavy atom. The monoisotopic (exact) mass is 334 g/mol. The zero-order valence-corrected chi connectivity index (χ0v) is 13.9. The predicted molar refractivity (Wildman–Crippen MR) is 95.4 cm³/mol. The van der Waals surface area contributed by atoms with Crippen LogP contribution in [0.2, 0.25) is 0 Å². The van der Waals surface area contributed by atoms with Crippen LogP contribution in [0.15, 0.2) is 59.8 Å². The van der Waals surface area contributed by atoms with Crippen molar-refractivity contribution in [3.8, 4) is 16.9 Å². The zero-order chi connectivity index (χ0) is 17.6. The minimum absolute atomic E-state index is 0.154. The fraction of sp³-hybridized carbons (Fsp3) is 0.211. The fourth-order valence-corrected chi connectivity index (χ4v) is 2.51. The molecule has 25 heavy (non-hydrogen) atoms. The summed E-state index contributed by atoms with van der Waals surface area (Å²) < 4.78 is 8.98. The highest BCUT2D eigenvalue weighted by atomic mass is 16.5. The van der Waals surface area contributed by atoms with Crippen molar-refractivity contribution in [3.63, 3.8) is 0 Å². The van der Waals surface area contributed by atoms with E-state index in [1.165, 1.54) is 10.6 Å². The van der Waals surface area contributed by atoms with E-state index in [2.05, 4.69) is 9.94 Å². The van der Waals surface area contributed by atoms with Crippen molar-refractivity contribution in [2.45, 2.75) is 6.54 Å². The van der Waals surface area contributed by atoms with Gasteiger partial charge in [-0.05, 0) is 5.56 Å². The van der Waals surface area contributed by atoms with E-state index in [9.17, 15) is 4.79 Å². The molecule has 0 amide bonds. The Labute approximate surface area is 145 Å². The fourth-order valence-electron chi connectivity index (χ4n) is 2.51. The van der Waals surface area contributed by atoms with Crippen LogP contribution >= 0.6 is 0 Å². The second-order valence-electron chi connectivity index (χ2n) is 5.64. The zero-order valence-electron chi connectivity index (χ0n) is 13.9. The molecule has 1 aromatic carbocycles. The first kappa shape index (κ1) is 16.5. The smallest absolute Gasteiger partial charge is 0.254 e. The molecule has 0 atom stereocenters. The third-order valence-electron chi connectivity index (χ3n) is 3.78. The number of benzene rings is 1. The van der Waals surface area contributed by atoms with Crippen molar-refractivity contribution >= 4 is 0 Å². The highest BCUT2D eigenvalue weighted by Crippen LogP contribution is 2.28. The summed E-state index contributed by atoms with van der Waals surface area (Å²) in [6.07, 6.45) is 5.42. The van der Waals surface area contributed by atoms with Crippen LogP contribution in [0.3, 0.4) is 0 Å². The van der Waals surface area contributed by atoms with Crippen LogP contribution in [0, 0.1) is 6.57 Å². The van der Waals surface area contributed by atoms with Gasteiger partial charge in [0, 0.05) is 36.6 Å². The molecule has 0 N–H and O–H groups in total. The Kier molecular flexibility index (Phi) is 4.95. The summed E-state index contributed by atoms with van der Waals surface area (Å²) in [5, 5.41) is 4.40. The summed E-state index contributed by atoms with van der Waals surface area (Å²) in [5.74, 6) is 0.478. The lowest BCUT2D eigenvalue weighted by Crippen LogP contribution is -2.16. The van der Waals surface area contributed by atoms with Crippen molar-refractivity contribution < 1.29 is 4.74 Å². The number of hydrogen-bond donors (Lipinski definition) is 0. The number of aromatic nitrogens is 3. The van der Waals surface area contributed by atoms with Crippen molar-refractivity contribution in [3.05, 3.63) is 82.3 Å². The van der Waals surface area contributed by atoms with Crippen molar-refractivity contribution in [2.24, 2.45) is 7.05 Å². The largest absolute Gasteiger partial charge is 0.485 e. The summed E-state index contributed by atoms with van der Waals surface area (Å²) in [4.78, 5) is 15.2. The van der Waals surface area contributed by atoms with E-state index in [1.807, 2.05) is 41.2 Å². The van der Waals surface area contributed by atoms with Crippen LogP contribution in [-0.4, -0.2) is 27.5 Å². The third kappa shape index (κ3) is 3.96. The average Bonchev–Trinajstić information content (AvgIpc) is 3.07. The standard InChI is InChI=1S/C19H18N4O2/c1-20-8-9-25-18-10-19(24)22(2)14-17(18)16-11-21-23(13-16)12-15-6-4-3-5-7-15/h3-7,10-11,13-14H,8-9,12H2,2H3. The van der Waals surface area contributed by atoms with Crippen LogP contribution in [0.5, 0.6) is 5.75 Å². The summed E-state index contributed by atoms with van der Waals surface area (Å²) in [5.41, 5.74) is 2.65. The lowest BCUT2D eigenvalue weighted by atomic mass is 10.1. The molecule has 2 aromatic heterocycles. The maximum absolute atomic E-state index is 11.9. The first-order chi connectivity index (χ1) is 12.2. The number of rotatable bonds is 6. The minimum Gasteiger partial charge on any atom is -0.485 e. The van der Waals surface area contributed by atoms with E-state index in [-0.39, 0.29) is 18.7 Å². The van der Waals surface area contributed by atoms with E-state index in [1.54, 1.807) is 19.4 Å². The Hall–Kier alpha value is -3.33. The highest BCUT2D eigenvalue weighted by Gasteiger charge is 2.12. The average molecular weight is 334 g/mol. The van der Waals surface area contributed by atoms with Gasteiger partial charge in [0.25, 0.3) is 5.56 Å². The maximum atomic E-state index is 11.9. The van der Waals surface area contributed by atoms with E-state index >= 15 is 0 Å².